The number of fused-ring (bicyclic) bond motifs is 10. The molecular weight excluding hydrogens is 480 g/mol. The number of aryl methyl sites for hydroxylation is 1. The Bertz CT molecular complexity index is 1790. The fourth-order valence-electron chi connectivity index (χ4n) is 7.75. The van der Waals surface area contributed by atoms with Gasteiger partial charge in [-0.15, -0.1) is 0 Å². The highest BCUT2D eigenvalue weighted by Gasteiger charge is 2.51. The van der Waals surface area contributed by atoms with E-state index in [-0.39, 0.29) is 10.8 Å². The summed E-state index contributed by atoms with van der Waals surface area (Å²) < 4.78 is 0. The largest absolute Gasteiger partial charge is 0.0811 e. The van der Waals surface area contributed by atoms with E-state index in [2.05, 4.69) is 142 Å². The molecule has 194 valence electrons. The molecule has 2 unspecified atom stereocenters. The van der Waals surface area contributed by atoms with Gasteiger partial charge in [-0.05, 0) is 93.0 Å². The molecule has 4 aliphatic carbocycles. The lowest BCUT2D eigenvalue weighted by molar-refractivity contribution is 0.521. The molecule has 4 aliphatic rings. The van der Waals surface area contributed by atoms with Crippen LogP contribution < -0.4 is 0 Å². The smallest absolute Gasteiger partial charge is 0.0725 e. The van der Waals surface area contributed by atoms with Crippen molar-refractivity contribution in [3.63, 3.8) is 0 Å². The summed E-state index contributed by atoms with van der Waals surface area (Å²) in [6, 6.07) is 32.4. The van der Waals surface area contributed by atoms with Crippen LogP contribution >= 0.6 is 0 Å². The van der Waals surface area contributed by atoms with Crippen LogP contribution in [0.4, 0.5) is 0 Å². The van der Waals surface area contributed by atoms with Crippen LogP contribution in [0.25, 0.3) is 27.8 Å². The highest BCUT2D eigenvalue weighted by Crippen LogP contribution is 2.63. The molecule has 0 amide bonds. The third kappa shape index (κ3) is 3.14. The molecular formula is C40H34. The van der Waals surface area contributed by atoms with Crippen molar-refractivity contribution in [2.75, 3.05) is 0 Å². The van der Waals surface area contributed by atoms with E-state index in [1.165, 1.54) is 66.8 Å². The molecule has 0 nitrogen and oxygen atoms in total. The van der Waals surface area contributed by atoms with Gasteiger partial charge in [0.2, 0.25) is 0 Å². The second-order valence-corrected chi connectivity index (χ2v) is 12.5. The summed E-state index contributed by atoms with van der Waals surface area (Å²) in [5.41, 5.74) is 16.3. The van der Waals surface area contributed by atoms with Gasteiger partial charge in [0, 0.05) is 5.41 Å². The average Bonchev–Trinajstić information content (AvgIpc) is 3.44. The molecule has 0 N–H and O–H groups in total. The zero-order valence-electron chi connectivity index (χ0n) is 23.5. The molecule has 4 aromatic carbocycles. The summed E-state index contributed by atoms with van der Waals surface area (Å²) in [4.78, 5) is 0. The molecule has 0 saturated heterocycles. The number of benzene rings is 4. The third-order valence-corrected chi connectivity index (χ3v) is 9.93. The molecule has 0 saturated carbocycles. The lowest BCUT2D eigenvalue weighted by Gasteiger charge is -2.32. The number of hydrogen-bond donors (Lipinski definition) is 0. The van der Waals surface area contributed by atoms with E-state index in [0.29, 0.717) is 5.92 Å². The van der Waals surface area contributed by atoms with Crippen LogP contribution in [0.2, 0.25) is 0 Å². The molecule has 8 rings (SSSR count). The van der Waals surface area contributed by atoms with Crippen molar-refractivity contribution < 1.29 is 0 Å². The Labute approximate surface area is 238 Å². The summed E-state index contributed by atoms with van der Waals surface area (Å²) >= 11 is 0. The fourth-order valence-corrected chi connectivity index (χ4v) is 7.75. The summed E-state index contributed by atoms with van der Waals surface area (Å²) in [5.74, 6) is 0.645. The lowest BCUT2D eigenvalue weighted by Crippen LogP contribution is -2.26. The van der Waals surface area contributed by atoms with Crippen LogP contribution in [0.15, 0.2) is 127 Å². The van der Waals surface area contributed by atoms with Gasteiger partial charge in [-0.2, -0.15) is 0 Å². The number of hydrogen-bond acceptors (Lipinski definition) is 0. The normalized spacial score (nSPS) is 22.8. The van der Waals surface area contributed by atoms with Gasteiger partial charge < -0.3 is 0 Å². The molecule has 2 atom stereocenters. The second kappa shape index (κ2) is 8.42. The molecule has 1 spiro atoms. The first-order chi connectivity index (χ1) is 19.5. The second-order valence-electron chi connectivity index (χ2n) is 12.5. The van der Waals surface area contributed by atoms with Crippen molar-refractivity contribution in [1.29, 1.82) is 0 Å². The van der Waals surface area contributed by atoms with Gasteiger partial charge in [-0.1, -0.05) is 135 Å². The van der Waals surface area contributed by atoms with Crippen LogP contribution in [0, 0.1) is 18.3 Å². The maximum atomic E-state index is 2.46. The Hall–Kier alpha value is -4.16. The van der Waals surface area contributed by atoms with Crippen molar-refractivity contribution >= 4 is 5.57 Å². The van der Waals surface area contributed by atoms with Gasteiger partial charge >= 0.3 is 0 Å². The van der Waals surface area contributed by atoms with Crippen LogP contribution in [0.5, 0.6) is 0 Å². The summed E-state index contributed by atoms with van der Waals surface area (Å²) in [6.45, 7) is 6.89. The number of allylic oxidation sites excluding steroid dienone is 8. The minimum absolute atomic E-state index is 0.0717. The summed E-state index contributed by atoms with van der Waals surface area (Å²) in [7, 11) is 0. The highest BCUT2D eigenvalue weighted by atomic mass is 14.5. The fraction of sp³-hybridized carbons (Fsp3) is 0.200. The van der Waals surface area contributed by atoms with E-state index < -0.39 is 0 Å². The van der Waals surface area contributed by atoms with Crippen LogP contribution in [0.1, 0.15) is 60.1 Å². The maximum Gasteiger partial charge on any atom is 0.0725 e. The Morgan fingerprint density at radius 2 is 1.38 bits per heavy atom. The zero-order valence-corrected chi connectivity index (χ0v) is 23.5. The van der Waals surface area contributed by atoms with E-state index in [4.69, 9.17) is 0 Å². The molecule has 0 heterocycles. The van der Waals surface area contributed by atoms with Crippen molar-refractivity contribution in [1.82, 2.24) is 0 Å². The average molecular weight is 515 g/mol. The predicted molar refractivity (Wildman–Crippen MR) is 168 cm³/mol. The van der Waals surface area contributed by atoms with Gasteiger partial charge in [0.05, 0.1) is 5.41 Å². The van der Waals surface area contributed by atoms with Gasteiger partial charge in [0.1, 0.15) is 0 Å². The number of rotatable bonds is 2. The zero-order chi connectivity index (χ0) is 27.1. The quantitative estimate of drug-likeness (QED) is 0.216. The van der Waals surface area contributed by atoms with Crippen molar-refractivity contribution in [2.45, 2.75) is 39.0 Å². The lowest BCUT2D eigenvalue weighted by atomic mass is 9.70. The third-order valence-electron chi connectivity index (χ3n) is 9.93. The van der Waals surface area contributed by atoms with E-state index in [1.807, 2.05) is 0 Å². The molecule has 0 aliphatic heterocycles. The minimum atomic E-state index is -0.269. The van der Waals surface area contributed by atoms with Crippen molar-refractivity contribution in [3.8, 4) is 22.3 Å². The maximum absolute atomic E-state index is 2.46. The Morgan fingerprint density at radius 3 is 2.05 bits per heavy atom. The minimum Gasteiger partial charge on any atom is -0.0811 e. The highest BCUT2D eigenvalue weighted by molar-refractivity contribution is 5.96. The van der Waals surface area contributed by atoms with Gasteiger partial charge in [0.15, 0.2) is 0 Å². The molecule has 40 heavy (non-hydrogen) atoms. The van der Waals surface area contributed by atoms with E-state index >= 15 is 0 Å². The molecule has 0 fully saturated rings. The van der Waals surface area contributed by atoms with Crippen LogP contribution in [-0.4, -0.2) is 0 Å². The van der Waals surface area contributed by atoms with E-state index in [9.17, 15) is 0 Å². The standard InChI is InChI=1S/C40H34/c1-26-12-16-30(17-13-26)39(3)22-20-28(21-23-39)29-15-19-37-34(25-29)33-18-14-27(2)24-38(33)40(37)35-10-6-4-8-31(35)32-9-5-7-11-36(32)40/h4-12,14-22,24-26H,13,23H2,1-3H3. The first-order valence-electron chi connectivity index (χ1n) is 14.7. The Kier molecular flexibility index (Phi) is 4.99. The topological polar surface area (TPSA) is 0 Å². The molecule has 0 radical (unpaired) electrons. The molecule has 0 heteroatoms. The predicted octanol–water partition coefficient (Wildman–Crippen LogP) is 10.2. The molecule has 0 bridgehead atoms. The van der Waals surface area contributed by atoms with Gasteiger partial charge in [0.25, 0.3) is 0 Å². The first kappa shape index (κ1) is 23.7. The monoisotopic (exact) mass is 514 g/mol. The Balaban J connectivity index is 1.28. The molecule has 4 aromatic rings. The van der Waals surface area contributed by atoms with E-state index in [1.54, 1.807) is 0 Å². The Morgan fingerprint density at radius 1 is 0.675 bits per heavy atom. The van der Waals surface area contributed by atoms with Crippen LogP contribution in [0.3, 0.4) is 0 Å². The van der Waals surface area contributed by atoms with Crippen molar-refractivity contribution in [3.05, 3.63) is 160 Å². The SMILES string of the molecule is Cc1ccc2c(c1)C1(c3ccccc3-c3ccccc31)c1ccc(C3=CCC(C)(C4=CCC(C)C=C4)C=C3)cc1-2. The van der Waals surface area contributed by atoms with Crippen molar-refractivity contribution in [2.24, 2.45) is 11.3 Å². The van der Waals surface area contributed by atoms with E-state index in [0.717, 1.165) is 12.8 Å². The summed E-state index contributed by atoms with van der Waals surface area (Å²) in [5, 5.41) is 0. The van der Waals surface area contributed by atoms with Crippen LogP contribution in [-0.2, 0) is 5.41 Å². The van der Waals surface area contributed by atoms with Gasteiger partial charge in [-0.3, -0.25) is 0 Å². The molecule has 0 aromatic heterocycles. The van der Waals surface area contributed by atoms with Gasteiger partial charge in [-0.25, -0.2) is 0 Å². The summed E-state index contributed by atoms with van der Waals surface area (Å²) in [6.07, 6.45) is 16.6. The first-order valence-corrected chi connectivity index (χ1v) is 14.7.